The summed E-state index contributed by atoms with van der Waals surface area (Å²) in [6, 6.07) is 20.9. The number of carboxylic acid groups (broad SMARTS) is 1. The van der Waals surface area contributed by atoms with Crippen LogP contribution in [0.5, 0.6) is 0 Å². The summed E-state index contributed by atoms with van der Waals surface area (Å²) in [5.74, 6) is -3.74. The molecule has 282 valence electrons. The van der Waals surface area contributed by atoms with Crippen molar-refractivity contribution < 1.29 is 29.1 Å². The number of pyridine rings is 2. The number of carboxylic acids is 1. The number of imide groups is 2. The Labute approximate surface area is 318 Å². The van der Waals surface area contributed by atoms with E-state index in [0.717, 1.165) is 28.1 Å². The van der Waals surface area contributed by atoms with Crippen molar-refractivity contribution in [2.45, 2.75) is 57.3 Å². The average Bonchev–Trinajstić information content (AvgIpc) is 3.57. The molecule has 4 aliphatic rings. The predicted molar refractivity (Wildman–Crippen MR) is 203 cm³/mol. The largest absolute Gasteiger partial charge is 0.481 e. The number of aliphatic carboxylic acids is 1. The van der Waals surface area contributed by atoms with Crippen molar-refractivity contribution >= 4 is 41.2 Å². The molecule has 8 rings (SSSR count). The fourth-order valence-corrected chi connectivity index (χ4v) is 8.77. The lowest BCUT2D eigenvalue weighted by Crippen LogP contribution is -2.65. The highest BCUT2D eigenvalue weighted by Gasteiger charge is 2.64. The van der Waals surface area contributed by atoms with Gasteiger partial charge in [0.15, 0.2) is 0 Å². The van der Waals surface area contributed by atoms with E-state index in [1.165, 1.54) is 9.80 Å². The zero-order chi connectivity index (χ0) is 38.5. The molecule has 4 fully saturated rings. The number of aromatic nitrogens is 2. The van der Waals surface area contributed by atoms with Crippen molar-refractivity contribution in [3.05, 3.63) is 108 Å². The number of likely N-dealkylation sites (tertiary alicyclic amines) is 2. The Morgan fingerprint density at radius 2 is 1.31 bits per heavy atom. The van der Waals surface area contributed by atoms with E-state index in [1.54, 1.807) is 24.5 Å². The van der Waals surface area contributed by atoms with E-state index in [4.69, 9.17) is 0 Å². The maximum absolute atomic E-state index is 14.2. The van der Waals surface area contributed by atoms with Gasteiger partial charge in [0.05, 0.1) is 22.8 Å². The fraction of sp³-hybridized carbons (Fsp3) is 0.341. The fourth-order valence-electron chi connectivity index (χ4n) is 8.77. The summed E-state index contributed by atoms with van der Waals surface area (Å²) in [6.07, 6.45) is 4.04. The second-order valence-corrected chi connectivity index (χ2v) is 14.9. The standard InChI is InChI=1S/C41H42N8O6/c1-26-8-6-17-42-31(26)24-46-19-14-40(15-20-46)36(52)44-38(54)48(40)33-13-12-29(28-10-4-3-5-11-28)22-34(33)49-39(55)45-37(53)41(49)16-21-47(23-30(41)35(50)51)25-32-27(2)9-7-18-43-32/h3-13,17-18,22,30H,14-16,19-21,23-25H2,1-2H3,(H,50,51)(H,44,52,54)(H,45,53,55). The Hall–Kier alpha value is -5.99. The van der Waals surface area contributed by atoms with E-state index in [9.17, 15) is 29.1 Å². The summed E-state index contributed by atoms with van der Waals surface area (Å²) in [6.45, 7) is 6.14. The molecule has 6 amide bonds. The molecule has 14 heteroatoms. The molecule has 14 nitrogen and oxygen atoms in total. The van der Waals surface area contributed by atoms with Crippen molar-refractivity contribution in [2.24, 2.45) is 5.92 Å². The number of hydrogen-bond acceptors (Lipinski definition) is 9. The molecule has 55 heavy (non-hydrogen) atoms. The Balaban J connectivity index is 1.20. The quantitative estimate of drug-likeness (QED) is 0.222. The first-order valence-electron chi connectivity index (χ1n) is 18.5. The van der Waals surface area contributed by atoms with Crippen LogP contribution in [0.15, 0.2) is 85.2 Å². The van der Waals surface area contributed by atoms with E-state index < -0.39 is 46.8 Å². The molecule has 4 saturated heterocycles. The first kappa shape index (κ1) is 36.0. The summed E-state index contributed by atoms with van der Waals surface area (Å²) < 4.78 is 0. The van der Waals surface area contributed by atoms with Crippen molar-refractivity contribution in [3.63, 3.8) is 0 Å². The molecule has 3 N–H and O–H groups in total. The normalized spacial score (nSPS) is 22.8. The van der Waals surface area contributed by atoms with Crippen molar-refractivity contribution in [1.82, 2.24) is 30.4 Å². The maximum Gasteiger partial charge on any atom is 0.329 e. The van der Waals surface area contributed by atoms with E-state index in [2.05, 4.69) is 25.5 Å². The minimum atomic E-state index is -1.83. The highest BCUT2D eigenvalue weighted by molar-refractivity contribution is 6.22. The van der Waals surface area contributed by atoms with Crippen LogP contribution in [0.4, 0.5) is 21.0 Å². The topological polar surface area (TPSA) is 168 Å². The summed E-state index contributed by atoms with van der Waals surface area (Å²) in [5.41, 5.74) is 2.50. The molecule has 2 aromatic carbocycles. The van der Waals surface area contributed by atoms with Crippen LogP contribution < -0.4 is 20.4 Å². The molecule has 6 heterocycles. The van der Waals surface area contributed by atoms with Gasteiger partial charge < -0.3 is 5.11 Å². The van der Waals surface area contributed by atoms with Crippen LogP contribution in [0, 0.1) is 19.8 Å². The average molecular weight is 743 g/mol. The number of carbonyl (C=O) groups excluding carboxylic acids is 4. The summed E-state index contributed by atoms with van der Waals surface area (Å²) in [5, 5.41) is 15.8. The number of piperidine rings is 2. The van der Waals surface area contributed by atoms with Crippen LogP contribution in [-0.2, 0) is 27.5 Å². The zero-order valence-electron chi connectivity index (χ0n) is 30.7. The van der Waals surface area contributed by atoms with Gasteiger partial charge in [0.2, 0.25) is 0 Å². The van der Waals surface area contributed by atoms with Crippen LogP contribution in [0.25, 0.3) is 11.1 Å². The molecule has 2 spiro atoms. The SMILES string of the molecule is Cc1cccnc1CN1CCC2(CC1)C(=O)NC(=O)N2c1ccc(-c2ccccc2)cc1N1C(=O)NC(=O)C12CCN(Cc1ncccc1C)CC2C(=O)O. The lowest BCUT2D eigenvalue weighted by atomic mass is 9.75. The molecule has 2 unspecified atom stereocenters. The molecule has 0 saturated carbocycles. The van der Waals surface area contributed by atoms with Gasteiger partial charge in [-0.3, -0.25) is 54.6 Å². The first-order chi connectivity index (χ1) is 26.5. The van der Waals surface area contributed by atoms with Crippen LogP contribution in [0.1, 0.15) is 41.8 Å². The van der Waals surface area contributed by atoms with Crippen LogP contribution >= 0.6 is 0 Å². The lowest BCUT2D eigenvalue weighted by Gasteiger charge is -2.47. The number of aryl methyl sites for hydroxylation is 2. The maximum atomic E-state index is 14.2. The third-order valence-corrected chi connectivity index (χ3v) is 11.8. The number of carbonyl (C=O) groups is 5. The molecule has 4 aromatic rings. The molecule has 2 atom stereocenters. The van der Waals surface area contributed by atoms with Crippen LogP contribution in [0.2, 0.25) is 0 Å². The minimum absolute atomic E-state index is 0.000589. The van der Waals surface area contributed by atoms with Gasteiger partial charge in [0, 0.05) is 51.7 Å². The highest BCUT2D eigenvalue weighted by Crippen LogP contribution is 2.49. The van der Waals surface area contributed by atoms with Gasteiger partial charge in [-0.2, -0.15) is 0 Å². The second-order valence-electron chi connectivity index (χ2n) is 14.9. The van der Waals surface area contributed by atoms with E-state index in [0.29, 0.717) is 51.1 Å². The number of benzene rings is 2. The number of nitrogens with zero attached hydrogens (tertiary/aromatic N) is 6. The summed E-state index contributed by atoms with van der Waals surface area (Å²) in [4.78, 5) is 85.4. The van der Waals surface area contributed by atoms with Crippen molar-refractivity contribution in [2.75, 3.05) is 36.0 Å². The number of nitrogens with one attached hydrogen (secondary N) is 2. The van der Waals surface area contributed by atoms with E-state index >= 15 is 0 Å². The Bertz CT molecular complexity index is 2210. The minimum Gasteiger partial charge on any atom is -0.481 e. The monoisotopic (exact) mass is 742 g/mol. The third kappa shape index (κ3) is 6.11. The van der Waals surface area contributed by atoms with Crippen LogP contribution in [-0.4, -0.2) is 92.0 Å². The van der Waals surface area contributed by atoms with Crippen molar-refractivity contribution in [1.29, 1.82) is 0 Å². The Morgan fingerprint density at radius 3 is 1.95 bits per heavy atom. The van der Waals surface area contributed by atoms with Gasteiger partial charge in [-0.05, 0) is 79.6 Å². The molecular weight excluding hydrogens is 701 g/mol. The van der Waals surface area contributed by atoms with Crippen molar-refractivity contribution in [3.8, 4) is 11.1 Å². The third-order valence-electron chi connectivity index (χ3n) is 11.8. The first-order valence-corrected chi connectivity index (χ1v) is 18.5. The lowest BCUT2D eigenvalue weighted by molar-refractivity contribution is -0.150. The van der Waals surface area contributed by atoms with Gasteiger partial charge in [0.1, 0.15) is 17.0 Å². The van der Waals surface area contributed by atoms with Gasteiger partial charge in [-0.1, -0.05) is 48.5 Å². The Kier molecular flexibility index (Phi) is 9.18. The van der Waals surface area contributed by atoms with Gasteiger partial charge in [-0.25, -0.2) is 9.59 Å². The number of amides is 6. The highest BCUT2D eigenvalue weighted by atomic mass is 16.4. The molecule has 0 aliphatic carbocycles. The number of rotatable bonds is 8. The molecule has 0 radical (unpaired) electrons. The second kappa shape index (κ2) is 14.0. The van der Waals surface area contributed by atoms with E-state index in [-0.39, 0.29) is 24.3 Å². The zero-order valence-corrected chi connectivity index (χ0v) is 30.7. The molecular formula is C41H42N8O6. The summed E-state index contributed by atoms with van der Waals surface area (Å²) in [7, 11) is 0. The smallest absolute Gasteiger partial charge is 0.329 e. The molecule has 4 aliphatic heterocycles. The van der Waals surface area contributed by atoms with Gasteiger partial charge in [0.25, 0.3) is 11.8 Å². The molecule has 2 aromatic heterocycles. The van der Waals surface area contributed by atoms with Gasteiger partial charge in [-0.15, -0.1) is 0 Å². The van der Waals surface area contributed by atoms with E-state index in [1.807, 2.05) is 79.4 Å². The molecule has 0 bridgehead atoms. The number of hydrogen-bond donors (Lipinski definition) is 3. The number of urea groups is 2. The van der Waals surface area contributed by atoms with Gasteiger partial charge >= 0.3 is 18.0 Å². The number of anilines is 2. The Morgan fingerprint density at radius 1 is 0.709 bits per heavy atom. The summed E-state index contributed by atoms with van der Waals surface area (Å²) >= 11 is 0. The predicted octanol–water partition coefficient (Wildman–Crippen LogP) is 4.25. The van der Waals surface area contributed by atoms with Crippen LogP contribution in [0.3, 0.4) is 0 Å².